The lowest BCUT2D eigenvalue weighted by atomic mass is 9.87. The minimum atomic E-state index is -4.56. The summed E-state index contributed by atoms with van der Waals surface area (Å²) in [6.07, 6.45) is 1.28. The monoisotopic (exact) mass is 533 g/mol. The molecule has 0 saturated carbocycles. The number of nitrogens with zero attached hydrogens (tertiary/aromatic N) is 4. The van der Waals surface area contributed by atoms with Gasteiger partial charge in [-0.25, -0.2) is 17.9 Å². The molecule has 1 aliphatic rings. The second-order valence-electron chi connectivity index (χ2n) is 10.3. The van der Waals surface area contributed by atoms with Crippen molar-refractivity contribution in [2.75, 3.05) is 31.6 Å². The number of sulfone groups is 1. The lowest BCUT2D eigenvalue weighted by Gasteiger charge is -2.32. The molecule has 198 valence electrons. The maximum atomic E-state index is 13.8. The fourth-order valence-electron chi connectivity index (χ4n) is 5.37. The van der Waals surface area contributed by atoms with Gasteiger partial charge < -0.3 is 9.88 Å². The molecule has 0 aliphatic carbocycles. The lowest BCUT2D eigenvalue weighted by Crippen LogP contribution is -2.36. The van der Waals surface area contributed by atoms with Gasteiger partial charge in [0.05, 0.1) is 11.4 Å². The summed E-state index contributed by atoms with van der Waals surface area (Å²) in [6.45, 7) is 6.31. The van der Waals surface area contributed by atoms with Gasteiger partial charge in [-0.15, -0.1) is 0 Å². The minimum absolute atomic E-state index is 0.0672. The van der Waals surface area contributed by atoms with Crippen LogP contribution in [0, 0.1) is 0 Å². The van der Waals surface area contributed by atoms with Crippen molar-refractivity contribution in [1.29, 1.82) is 0 Å². The van der Waals surface area contributed by atoms with E-state index in [1.807, 2.05) is 19.9 Å². The number of fused-ring (bicyclic) bond motifs is 2. The Kier molecular flexibility index (Phi) is 6.56. The largest absolute Gasteiger partial charge is 0.420 e. The van der Waals surface area contributed by atoms with E-state index < -0.39 is 21.6 Å². The maximum Gasteiger partial charge on any atom is 0.420 e. The van der Waals surface area contributed by atoms with Crippen molar-refractivity contribution < 1.29 is 21.6 Å². The van der Waals surface area contributed by atoms with Crippen LogP contribution in [0.2, 0.25) is 0 Å². The number of hydrogen-bond acceptors (Lipinski definition) is 5. The second-order valence-corrected chi connectivity index (χ2v) is 12.5. The van der Waals surface area contributed by atoms with Gasteiger partial charge in [0.1, 0.15) is 21.7 Å². The van der Waals surface area contributed by atoms with Crippen molar-refractivity contribution in [3.63, 3.8) is 0 Å². The van der Waals surface area contributed by atoms with E-state index in [9.17, 15) is 21.6 Å². The van der Waals surface area contributed by atoms with Crippen molar-refractivity contribution in [1.82, 2.24) is 24.5 Å². The molecule has 3 aromatic heterocycles. The number of benzene rings is 1. The Labute approximate surface area is 213 Å². The SMILES string of the molecule is CC(C)c1c(-c2cc(C(F)(F)F)c3ncnn3c2)[nH]c2ccc(C3CCN(CCS(C)(=O)=O)CC3)cc12. The molecule has 0 radical (unpaired) electrons. The number of hydrogen-bond donors (Lipinski definition) is 1. The van der Waals surface area contributed by atoms with E-state index in [0.29, 0.717) is 23.7 Å². The zero-order valence-electron chi connectivity index (χ0n) is 21.0. The highest BCUT2D eigenvalue weighted by Gasteiger charge is 2.35. The molecule has 0 unspecified atom stereocenters. The molecule has 1 aromatic carbocycles. The van der Waals surface area contributed by atoms with Crippen LogP contribution in [0.15, 0.2) is 36.8 Å². The molecule has 7 nitrogen and oxygen atoms in total. The van der Waals surface area contributed by atoms with Crippen molar-refractivity contribution in [3.8, 4) is 11.3 Å². The van der Waals surface area contributed by atoms with E-state index in [1.54, 1.807) is 6.20 Å². The fourth-order valence-corrected chi connectivity index (χ4v) is 5.96. The molecule has 0 atom stereocenters. The summed E-state index contributed by atoms with van der Waals surface area (Å²) in [5.41, 5.74) is 3.06. The highest BCUT2D eigenvalue weighted by molar-refractivity contribution is 7.90. The highest BCUT2D eigenvalue weighted by Crippen LogP contribution is 2.40. The van der Waals surface area contributed by atoms with Crippen LogP contribution in [0.4, 0.5) is 13.2 Å². The van der Waals surface area contributed by atoms with Crippen LogP contribution >= 0.6 is 0 Å². The number of pyridine rings is 1. The average Bonchev–Trinajstić information content (AvgIpc) is 3.45. The first-order chi connectivity index (χ1) is 17.4. The molecule has 4 heterocycles. The third kappa shape index (κ3) is 5.24. The van der Waals surface area contributed by atoms with Crippen LogP contribution in [-0.2, 0) is 16.0 Å². The van der Waals surface area contributed by atoms with Crippen molar-refractivity contribution in [2.45, 2.75) is 44.7 Å². The minimum Gasteiger partial charge on any atom is -0.354 e. The summed E-state index contributed by atoms with van der Waals surface area (Å²) in [4.78, 5) is 9.37. The molecular weight excluding hydrogens is 503 g/mol. The Bertz CT molecular complexity index is 1550. The van der Waals surface area contributed by atoms with Gasteiger partial charge in [0.15, 0.2) is 5.65 Å². The number of aromatic amines is 1. The van der Waals surface area contributed by atoms with Crippen molar-refractivity contribution >= 4 is 26.4 Å². The quantitative estimate of drug-likeness (QED) is 0.366. The molecular formula is C26H30F3N5O2S. The van der Waals surface area contributed by atoms with Crippen LogP contribution in [0.3, 0.4) is 0 Å². The average molecular weight is 534 g/mol. The summed E-state index contributed by atoms with van der Waals surface area (Å²) in [6, 6.07) is 7.41. The topological polar surface area (TPSA) is 83.4 Å². The molecule has 1 fully saturated rings. The van der Waals surface area contributed by atoms with Crippen molar-refractivity contribution in [3.05, 3.63) is 53.5 Å². The third-order valence-corrected chi connectivity index (χ3v) is 8.17. The molecule has 1 N–H and O–H groups in total. The van der Waals surface area contributed by atoms with E-state index >= 15 is 0 Å². The molecule has 1 aliphatic heterocycles. The first-order valence-corrected chi connectivity index (χ1v) is 14.4. The van der Waals surface area contributed by atoms with Gasteiger partial charge in [0, 0.05) is 35.5 Å². The van der Waals surface area contributed by atoms with Gasteiger partial charge >= 0.3 is 6.18 Å². The van der Waals surface area contributed by atoms with Gasteiger partial charge in [0.25, 0.3) is 0 Å². The van der Waals surface area contributed by atoms with E-state index in [-0.39, 0.29) is 17.3 Å². The number of rotatable bonds is 6. The molecule has 1 saturated heterocycles. The Morgan fingerprint density at radius 3 is 2.54 bits per heavy atom. The third-order valence-electron chi connectivity index (χ3n) is 7.25. The number of aromatic nitrogens is 4. The summed E-state index contributed by atoms with van der Waals surface area (Å²) in [5, 5.41) is 4.98. The molecule has 4 aromatic rings. The Morgan fingerprint density at radius 1 is 1.16 bits per heavy atom. The first kappa shape index (κ1) is 25.7. The number of H-pyrrole nitrogens is 1. The number of piperidine rings is 1. The predicted molar refractivity (Wildman–Crippen MR) is 137 cm³/mol. The summed E-state index contributed by atoms with van der Waals surface area (Å²) in [5.74, 6) is 0.586. The smallest absolute Gasteiger partial charge is 0.354 e. The van der Waals surface area contributed by atoms with Gasteiger partial charge in [-0.3, -0.25) is 0 Å². The Balaban J connectivity index is 1.49. The van der Waals surface area contributed by atoms with E-state index in [0.717, 1.165) is 54.8 Å². The molecule has 11 heteroatoms. The first-order valence-electron chi connectivity index (χ1n) is 12.4. The lowest BCUT2D eigenvalue weighted by molar-refractivity contribution is -0.136. The van der Waals surface area contributed by atoms with E-state index in [4.69, 9.17) is 0 Å². The number of halogens is 3. The van der Waals surface area contributed by atoms with Gasteiger partial charge in [-0.05, 0) is 67.1 Å². The van der Waals surface area contributed by atoms with Crippen molar-refractivity contribution in [2.24, 2.45) is 0 Å². The Morgan fingerprint density at radius 2 is 1.89 bits per heavy atom. The summed E-state index contributed by atoms with van der Waals surface area (Å²) in [7, 11) is -2.98. The van der Waals surface area contributed by atoms with E-state index in [1.165, 1.54) is 16.3 Å². The zero-order valence-corrected chi connectivity index (χ0v) is 21.8. The van der Waals surface area contributed by atoms with Crippen LogP contribution in [0.5, 0.6) is 0 Å². The van der Waals surface area contributed by atoms with Crippen LogP contribution < -0.4 is 0 Å². The van der Waals surface area contributed by atoms with E-state index in [2.05, 4.69) is 32.1 Å². The number of likely N-dealkylation sites (tertiary alicyclic amines) is 1. The standard InChI is InChI=1S/C26H30F3N5O2S/c1-16(2)23-20-12-18(17-6-8-33(9-7-17)10-11-37(3,35)36)4-5-22(20)32-24(23)19-13-21(26(27,28)29)25-30-15-31-34(25)14-19/h4-5,12-17,32H,6-11H2,1-3H3. The predicted octanol–water partition coefficient (Wildman–Crippen LogP) is 5.24. The molecule has 37 heavy (non-hydrogen) atoms. The molecule has 5 rings (SSSR count). The van der Waals surface area contributed by atoms with Gasteiger partial charge in [-0.2, -0.15) is 18.3 Å². The zero-order chi connectivity index (χ0) is 26.5. The van der Waals surface area contributed by atoms with Crippen LogP contribution in [-0.4, -0.2) is 64.5 Å². The number of nitrogens with one attached hydrogen (secondary N) is 1. The van der Waals surface area contributed by atoms with Gasteiger partial charge in [-0.1, -0.05) is 19.9 Å². The van der Waals surface area contributed by atoms with Gasteiger partial charge in [0.2, 0.25) is 0 Å². The van der Waals surface area contributed by atoms with Crippen LogP contribution in [0.1, 0.15) is 55.2 Å². The Hall–Kier alpha value is -2.92. The molecule has 0 amide bonds. The second kappa shape index (κ2) is 9.43. The molecule has 0 spiro atoms. The normalized spacial score (nSPS) is 16.4. The van der Waals surface area contributed by atoms with Crippen LogP contribution in [0.25, 0.3) is 27.8 Å². The summed E-state index contributed by atoms with van der Waals surface area (Å²) >= 11 is 0. The summed E-state index contributed by atoms with van der Waals surface area (Å²) < 4.78 is 65.6. The number of alkyl halides is 3. The maximum absolute atomic E-state index is 13.8. The highest BCUT2D eigenvalue weighted by atomic mass is 32.2. The molecule has 0 bridgehead atoms. The fraction of sp³-hybridized carbons (Fsp3) is 0.462.